The second-order valence-electron chi connectivity index (χ2n) is 7.56. The number of benzene rings is 2. The summed E-state index contributed by atoms with van der Waals surface area (Å²) < 4.78 is 7.80. The van der Waals surface area contributed by atoms with Crippen LogP contribution in [0.25, 0.3) is 11.5 Å². The van der Waals surface area contributed by atoms with Gasteiger partial charge in [-0.3, -0.25) is 4.99 Å². The molecule has 2 aromatic carbocycles. The lowest BCUT2D eigenvalue weighted by Crippen LogP contribution is -2.37. The van der Waals surface area contributed by atoms with Gasteiger partial charge in [-0.2, -0.15) is 0 Å². The van der Waals surface area contributed by atoms with Crippen molar-refractivity contribution in [3.63, 3.8) is 0 Å². The molecule has 0 atom stereocenters. The molecule has 0 spiro atoms. The minimum Gasteiger partial charge on any atom is -0.444 e. The molecule has 0 saturated heterocycles. The number of imidazole rings is 1. The van der Waals surface area contributed by atoms with Gasteiger partial charge in [0.2, 0.25) is 5.89 Å². The van der Waals surface area contributed by atoms with Crippen molar-refractivity contribution in [3.05, 3.63) is 95.9 Å². The molecule has 2 aromatic heterocycles. The molecule has 0 radical (unpaired) electrons. The van der Waals surface area contributed by atoms with Crippen LogP contribution in [0, 0.1) is 6.92 Å². The quantitative estimate of drug-likeness (QED) is 0.189. The highest BCUT2D eigenvalue weighted by atomic mass is 127. The van der Waals surface area contributed by atoms with Crippen LogP contribution in [0.15, 0.2) is 82.7 Å². The fraction of sp³-hybridized carbons (Fsp3) is 0.240. The monoisotopic (exact) mass is 556 g/mol. The molecule has 0 bridgehead atoms. The number of hydrogen-bond acceptors (Lipinski definition) is 4. The molecule has 0 unspecified atom stereocenters. The first-order chi connectivity index (χ1) is 15.7. The molecule has 2 N–H and O–H groups in total. The molecule has 7 nitrogen and oxygen atoms in total. The first-order valence-electron chi connectivity index (χ1n) is 10.7. The zero-order chi connectivity index (χ0) is 22.2. The minimum atomic E-state index is 0. The lowest BCUT2D eigenvalue weighted by molar-refractivity contribution is 0.572. The van der Waals surface area contributed by atoms with E-state index in [-0.39, 0.29) is 24.0 Å². The van der Waals surface area contributed by atoms with Crippen LogP contribution in [0.4, 0.5) is 0 Å². The van der Waals surface area contributed by atoms with E-state index < -0.39 is 0 Å². The lowest BCUT2D eigenvalue weighted by atomic mass is 10.1. The molecule has 0 saturated carbocycles. The van der Waals surface area contributed by atoms with E-state index in [4.69, 9.17) is 4.42 Å². The number of aryl methyl sites for hydroxylation is 3. The summed E-state index contributed by atoms with van der Waals surface area (Å²) in [5, 5.41) is 6.60. The summed E-state index contributed by atoms with van der Waals surface area (Å²) in [5.74, 6) is 2.26. The molecular weight excluding hydrogens is 527 g/mol. The highest BCUT2D eigenvalue weighted by Crippen LogP contribution is 2.19. The first kappa shape index (κ1) is 24.5. The SMILES string of the molecule is CN=C(NCc1coc(-c2ccc(C)cc2)n1)NCc1nccn1CCc1ccccc1.I. The predicted molar refractivity (Wildman–Crippen MR) is 142 cm³/mol. The summed E-state index contributed by atoms with van der Waals surface area (Å²) >= 11 is 0. The van der Waals surface area contributed by atoms with Gasteiger partial charge in [0.05, 0.1) is 18.8 Å². The Morgan fingerprint density at radius 2 is 1.79 bits per heavy atom. The van der Waals surface area contributed by atoms with Crippen molar-refractivity contribution in [1.29, 1.82) is 0 Å². The van der Waals surface area contributed by atoms with Crippen LogP contribution in [-0.4, -0.2) is 27.5 Å². The van der Waals surface area contributed by atoms with Crippen LogP contribution in [0.1, 0.15) is 22.6 Å². The first-order valence-corrected chi connectivity index (χ1v) is 10.7. The van der Waals surface area contributed by atoms with Crippen LogP contribution in [-0.2, 0) is 26.1 Å². The standard InChI is InChI=1S/C25H28N6O.HI/c1-19-8-10-21(11-9-19)24-30-22(18-32-24)16-28-25(26-2)29-17-23-27-13-15-31(23)14-12-20-6-4-3-5-7-20;/h3-11,13,15,18H,12,14,16-17H2,1-2H3,(H2,26,28,29);1H. The summed E-state index contributed by atoms with van der Waals surface area (Å²) in [6, 6.07) is 18.6. The van der Waals surface area contributed by atoms with E-state index in [1.165, 1.54) is 11.1 Å². The fourth-order valence-electron chi connectivity index (χ4n) is 3.38. The molecule has 172 valence electrons. The maximum atomic E-state index is 5.63. The van der Waals surface area contributed by atoms with Crippen molar-refractivity contribution in [1.82, 2.24) is 25.2 Å². The molecule has 4 aromatic rings. The van der Waals surface area contributed by atoms with E-state index in [9.17, 15) is 0 Å². The molecule has 4 rings (SSSR count). The Kier molecular flexibility index (Phi) is 9.05. The number of oxazole rings is 1. The number of guanidine groups is 1. The number of nitrogens with one attached hydrogen (secondary N) is 2. The van der Waals surface area contributed by atoms with Crippen LogP contribution in [0.2, 0.25) is 0 Å². The van der Waals surface area contributed by atoms with E-state index in [1.54, 1.807) is 13.3 Å². The van der Waals surface area contributed by atoms with Gasteiger partial charge in [-0.15, -0.1) is 24.0 Å². The zero-order valence-electron chi connectivity index (χ0n) is 18.9. The van der Waals surface area contributed by atoms with Crippen molar-refractivity contribution in [2.45, 2.75) is 33.0 Å². The van der Waals surface area contributed by atoms with Crippen LogP contribution in [0.3, 0.4) is 0 Å². The van der Waals surface area contributed by atoms with Gasteiger partial charge in [-0.25, -0.2) is 9.97 Å². The Morgan fingerprint density at radius 1 is 1.03 bits per heavy atom. The van der Waals surface area contributed by atoms with Crippen molar-refractivity contribution >= 4 is 29.9 Å². The smallest absolute Gasteiger partial charge is 0.226 e. The molecule has 0 aliphatic carbocycles. The summed E-state index contributed by atoms with van der Waals surface area (Å²) in [7, 11) is 1.75. The predicted octanol–water partition coefficient (Wildman–Crippen LogP) is 4.57. The largest absolute Gasteiger partial charge is 0.444 e. The Hall–Kier alpha value is -3.14. The summed E-state index contributed by atoms with van der Waals surface area (Å²) in [6.07, 6.45) is 6.48. The average Bonchev–Trinajstić information content (AvgIpc) is 3.48. The minimum absolute atomic E-state index is 0. The van der Waals surface area contributed by atoms with Gasteiger partial charge in [0, 0.05) is 31.5 Å². The van der Waals surface area contributed by atoms with Gasteiger partial charge in [-0.05, 0) is 31.0 Å². The van der Waals surface area contributed by atoms with Crippen LogP contribution >= 0.6 is 24.0 Å². The van der Waals surface area contributed by atoms with Crippen molar-refractivity contribution in [2.75, 3.05) is 7.05 Å². The van der Waals surface area contributed by atoms with Gasteiger partial charge in [0.15, 0.2) is 5.96 Å². The summed E-state index contributed by atoms with van der Waals surface area (Å²) in [4.78, 5) is 13.4. The molecule has 33 heavy (non-hydrogen) atoms. The third-order valence-corrected chi connectivity index (χ3v) is 5.21. The second kappa shape index (κ2) is 12.2. The maximum Gasteiger partial charge on any atom is 0.226 e. The van der Waals surface area contributed by atoms with E-state index in [2.05, 4.69) is 61.4 Å². The number of aromatic nitrogens is 3. The fourth-order valence-corrected chi connectivity index (χ4v) is 3.38. The Morgan fingerprint density at radius 3 is 2.55 bits per heavy atom. The van der Waals surface area contributed by atoms with Gasteiger partial charge >= 0.3 is 0 Å². The van der Waals surface area contributed by atoms with Gasteiger partial charge in [0.25, 0.3) is 0 Å². The van der Waals surface area contributed by atoms with Crippen molar-refractivity contribution in [3.8, 4) is 11.5 Å². The number of nitrogens with zero attached hydrogens (tertiary/aromatic N) is 4. The summed E-state index contributed by atoms with van der Waals surface area (Å²) in [6.45, 7) is 4.03. The molecule has 0 aliphatic heterocycles. The van der Waals surface area contributed by atoms with E-state index in [1.807, 2.05) is 42.7 Å². The number of aliphatic imine (C=N–C) groups is 1. The Labute approximate surface area is 211 Å². The topological polar surface area (TPSA) is 80.3 Å². The van der Waals surface area contributed by atoms with Gasteiger partial charge in [0.1, 0.15) is 12.1 Å². The molecular formula is C25H29IN6O. The number of hydrogen-bond donors (Lipinski definition) is 2. The van der Waals surface area contributed by atoms with Crippen molar-refractivity contribution < 1.29 is 4.42 Å². The van der Waals surface area contributed by atoms with Gasteiger partial charge < -0.3 is 19.6 Å². The zero-order valence-corrected chi connectivity index (χ0v) is 21.2. The van der Waals surface area contributed by atoms with E-state index >= 15 is 0 Å². The average molecular weight is 556 g/mol. The number of halogens is 1. The van der Waals surface area contributed by atoms with Gasteiger partial charge in [-0.1, -0.05) is 48.0 Å². The number of rotatable bonds is 8. The lowest BCUT2D eigenvalue weighted by Gasteiger charge is -2.12. The molecule has 0 aliphatic rings. The summed E-state index contributed by atoms with van der Waals surface area (Å²) in [5.41, 5.74) is 4.30. The second-order valence-corrected chi connectivity index (χ2v) is 7.56. The maximum absolute atomic E-state index is 5.63. The third-order valence-electron chi connectivity index (χ3n) is 5.21. The third kappa shape index (κ3) is 6.92. The normalized spacial score (nSPS) is 11.2. The van der Waals surface area contributed by atoms with E-state index in [0.717, 1.165) is 30.0 Å². The van der Waals surface area contributed by atoms with E-state index in [0.29, 0.717) is 24.9 Å². The highest BCUT2D eigenvalue weighted by Gasteiger charge is 2.08. The molecule has 0 amide bonds. The Balaban J connectivity index is 0.00000306. The molecule has 8 heteroatoms. The van der Waals surface area contributed by atoms with Crippen LogP contribution in [0.5, 0.6) is 0 Å². The highest BCUT2D eigenvalue weighted by molar-refractivity contribution is 14.0. The van der Waals surface area contributed by atoms with Crippen LogP contribution < -0.4 is 10.6 Å². The molecule has 0 fully saturated rings. The molecule has 2 heterocycles. The van der Waals surface area contributed by atoms with Crippen molar-refractivity contribution in [2.24, 2.45) is 4.99 Å². The Bertz CT molecular complexity index is 1150.